The standard InChI is InChI=1S/C12H10BrNO2S/c1-17-12(13)11(15)9-7-10(16-14-9)8-5-3-2-4-6-8/h2-7,12H,1H3. The van der Waals surface area contributed by atoms with Crippen LogP contribution >= 0.6 is 27.7 Å². The molecule has 3 nitrogen and oxygen atoms in total. The van der Waals surface area contributed by atoms with Gasteiger partial charge in [0.1, 0.15) is 4.16 Å². The Labute approximate surface area is 112 Å². The minimum absolute atomic E-state index is 0.0802. The molecule has 88 valence electrons. The molecular weight excluding hydrogens is 302 g/mol. The van der Waals surface area contributed by atoms with Crippen molar-refractivity contribution in [3.8, 4) is 11.3 Å². The quantitative estimate of drug-likeness (QED) is 0.639. The highest BCUT2D eigenvalue weighted by molar-refractivity contribution is 9.11. The minimum Gasteiger partial charge on any atom is -0.356 e. The first-order chi connectivity index (χ1) is 8.22. The fourth-order valence-electron chi connectivity index (χ4n) is 1.35. The van der Waals surface area contributed by atoms with Gasteiger partial charge in [-0.25, -0.2) is 0 Å². The number of carbonyl (C=O) groups is 1. The second-order valence-corrected chi connectivity index (χ2v) is 5.82. The van der Waals surface area contributed by atoms with Gasteiger partial charge < -0.3 is 4.52 Å². The first-order valence-corrected chi connectivity index (χ1v) is 7.16. The maximum Gasteiger partial charge on any atom is 0.208 e. The Kier molecular flexibility index (Phi) is 4.02. The van der Waals surface area contributed by atoms with E-state index in [9.17, 15) is 4.79 Å². The van der Waals surface area contributed by atoms with Crippen LogP contribution in [0.15, 0.2) is 40.9 Å². The number of ketones is 1. The monoisotopic (exact) mass is 311 g/mol. The van der Waals surface area contributed by atoms with Gasteiger partial charge in [-0.3, -0.25) is 4.79 Å². The summed E-state index contributed by atoms with van der Waals surface area (Å²) in [6.45, 7) is 0. The average molecular weight is 312 g/mol. The molecule has 0 aliphatic rings. The van der Waals surface area contributed by atoms with Gasteiger partial charge in [0.05, 0.1) is 0 Å². The Morgan fingerprint density at radius 1 is 1.41 bits per heavy atom. The molecule has 0 saturated carbocycles. The van der Waals surface area contributed by atoms with Crippen molar-refractivity contribution >= 4 is 33.5 Å². The third-order valence-corrected chi connectivity index (χ3v) is 4.40. The van der Waals surface area contributed by atoms with E-state index >= 15 is 0 Å². The van der Waals surface area contributed by atoms with Crippen molar-refractivity contribution in [3.63, 3.8) is 0 Å². The lowest BCUT2D eigenvalue weighted by Crippen LogP contribution is -2.09. The van der Waals surface area contributed by atoms with Crippen LogP contribution in [0.3, 0.4) is 0 Å². The number of nitrogens with zero attached hydrogens (tertiary/aromatic N) is 1. The molecule has 1 heterocycles. The first kappa shape index (κ1) is 12.4. The number of halogens is 1. The first-order valence-electron chi connectivity index (χ1n) is 4.95. The number of Topliss-reactive ketones (excluding diaryl/α,β-unsaturated/α-hetero) is 1. The Balaban J connectivity index is 2.25. The third-order valence-electron chi connectivity index (χ3n) is 2.23. The van der Waals surface area contributed by atoms with Crippen LogP contribution in [-0.2, 0) is 0 Å². The van der Waals surface area contributed by atoms with E-state index in [1.54, 1.807) is 6.07 Å². The normalized spacial score (nSPS) is 12.4. The number of carbonyl (C=O) groups excluding carboxylic acids is 1. The van der Waals surface area contributed by atoms with Gasteiger partial charge in [0, 0.05) is 11.6 Å². The number of rotatable bonds is 4. The summed E-state index contributed by atoms with van der Waals surface area (Å²) in [7, 11) is 0. The van der Waals surface area contributed by atoms with Gasteiger partial charge in [-0.2, -0.15) is 0 Å². The van der Waals surface area contributed by atoms with Crippen molar-refractivity contribution < 1.29 is 9.32 Å². The zero-order valence-electron chi connectivity index (χ0n) is 9.09. The van der Waals surface area contributed by atoms with Crippen molar-refractivity contribution in [2.45, 2.75) is 4.16 Å². The van der Waals surface area contributed by atoms with Gasteiger partial charge in [-0.15, -0.1) is 11.8 Å². The summed E-state index contributed by atoms with van der Waals surface area (Å²) < 4.78 is 4.88. The summed E-state index contributed by atoms with van der Waals surface area (Å²) in [6, 6.07) is 11.2. The van der Waals surface area contributed by atoms with E-state index in [4.69, 9.17) is 4.52 Å². The third kappa shape index (κ3) is 2.79. The topological polar surface area (TPSA) is 43.1 Å². The molecule has 0 N–H and O–H groups in total. The molecule has 2 aromatic rings. The summed E-state index contributed by atoms with van der Waals surface area (Å²) >= 11 is 4.69. The number of alkyl halides is 1. The van der Waals surface area contributed by atoms with Crippen LogP contribution in [-0.4, -0.2) is 21.4 Å². The van der Waals surface area contributed by atoms with Crippen LogP contribution in [0.1, 0.15) is 10.5 Å². The van der Waals surface area contributed by atoms with Crippen molar-refractivity contribution in [2.75, 3.05) is 6.26 Å². The molecule has 0 spiro atoms. The molecule has 2 rings (SSSR count). The molecule has 0 aliphatic carbocycles. The zero-order chi connectivity index (χ0) is 12.3. The predicted molar refractivity (Wildman–Crippen MR) is 72.5 cm³/mol. The van der Waals surface area contributed by atoms with Gasteiger partial charge in [0.2, 0.25) is 5.78 Å². The SMILES string of the molecule is CSC(Br)C(=O)c1cc(-c2ccccc2)on1. The van der Waals surface area contributed by atoms with Crippen LogP contribution in [0, 0.1) is 0 Å². The number of thioether (sulfide) groups is 1. The number of aromatic nitrogens is 1. The molecule has 0 aliphatic heterocycles. The lowest BCUT2D eigenvalue weighted by atomic mass is 10.1. The van der Waals surface area contributed by atoms with Gasteiger partial charge in [0.15, 0.2) is 11.5 Å². The van der Waals surface area contributed by atoms with Crippen molar-refractivity contribution in [1.29, 1.82) is 0 Å². The zero-order valence-corrected chi connectivity index (χ0v) is 11.5. The molecule has 0 saturated heterocycles. The van der Waals surface area contributed by atoms with E-state index in [1.165, 1.54) is 11.8 Å². The highest BCUT2D eigenvalue weighted by atomic mass is 79.9. The van der Waals surface area contributed by atoms with Crippen LogP contribution in [0.2, 0.25) is 0 Å². The summed E-state index contributed by atoms with van der Waals surface area (Å²) in [6.07, 6.45) is 1.86. The highest BCUT2D eigenvalue weighted by Crippen LogP contribution is 2.23. The molecule has 0 amide bonds. The van der Waals surface area contributed by atoms with E-state index in [0.29, 0.717) is 11.5 Å². The number of benzene rings is 1. The van der Waals surface area contributed by atoms with Crippen LogP contribution in [0.4, 0.5) is 0 Å². The Hall–Kier alpha value is -1.07. The molecule has 5 heteroatoms. The smallest absolute Gasteiger partial charge is 0.208 e. The highest BCUT2D eigenvalue weighted by Gasteiger charge is 2.20. The van der Waals surface area contributed by atoms with E-state index < -0.39 is 0 Å². The maximum absolute atomic E-state index is 11.8. The minimum atomic E-state index is -0.281. The number of hydrogen-bond donors (Lipinski definition) is 0. The molecular formula is C12H10BrNO2S. The predicted octanol–water partition coefficient (Wildman–Crippen LogP) is 3.61. The summed E-state index contributed by atoms with van der Waals surface area (Å²) in [5.41, 5.74) is 1.26. The fraction of sp³-hybridized carbons (Fsp3) is 0.167. The molecule has 1 unspecified atom stereocenters. The van der Waals surface area contributed by atoms with E-state index in [0.717, 1.165) is 5.56 Å². The summed E-state index contributed by atoms with van der Waals surface area (Å²) in [5, 5.41) is 3.79. The van der Waals surface area contributed by atoms with Crippen LogP contribution in [0.5, 0.6) is 0 Å². The lowest BCUT2D eigenvalue weighted by Gasteiger charge is -1.99. The lowest BCUT2D eigenvalue weighted by molar-refractivity contribution is 0.100. The second-order valence-electron chi connectivity index (χ2n) is 3.36. The molecule has 1 atom stereocenters. The molecule has 0 radical (unpaired) electrons. The largest absolute Gasteiger partial charge is 0.356 e. The summed E-state index contributed by atoms with van der Waals surface area (Å²) in [4.78, 5) is 11.8. The number of hydrogen-bond acceptors (Lipinski definition) is 4. The van der Waals surface area contributed by atoms with Gasteiger partial charge in [0.25, 0.3) is 0 Å². The van der Waals surface area contributed by atoms with Crippen molar-refractivity contribution in [3.05, 3.63) is 42.1 Å². The average Bonchev–Trinajstić information content (AvgIpc) is 2.87. The van der Waals surface area contributed by atoms with Crippen molar-refractivity contribution in [1.82, 2.24) is 5.16 Å². The van der Waals surface area contributed by atoms with Gasteiger partial charge >= 0.3 is 0 Å². The Morgan fingerprint density at radius 2 is 2.12 bits per heavy atom. The van der Waals surface area contributed by atoms with Gasteiger partial charge in [-0.1, -0.05) is 51.4 Å². The van der Waals surface area contributed by atoms with E-state index in [1.807, 2.05) is 36.6 Å². The maximum atomic E-state index is 11.8. The van der Waals surface area contributed by atoms with Crippen LogP contribution in [0.25, 0.3) is 11.3 Å². The molecule has 1 aromatic carbocycles. The fourth-order valence-corrected chi connectivity index (χ4v) is 1.92. The molecule has 0 fully saturated rings. The molecule has 0 bridgehead atoms. The molecule has 17 heavy (non-hydrogen) atoms. The summed E-state index contributed by atoms with van der Waals surface area (Å²) in [5.74, 6) is 0.526. The Morgan fingerprint density at radius 3 is 2.76 bits per heavy atom. The molecule has 1 aromatic heterocycles. The van der Waals surface area contributed by atoms with Gasteiger partial charge in [-0.05, 0) is 6.26 Å². The second kappa shape index (κ2) is 5.51. The van der Waals surface area contributed by atoms with E-state index in [2.05, 4.69) is 21.1 Å². The van der Waals surface area contributed by atoms with Crippen molar-refractivity contribution in [2.24, 2.45) is 0 Å². The Bertz CT molecular complexity index is 512. The van der Waals surface area contributed by atoms with Crippen LogP contribution < -0.4 is 0 Å². The van der Waals surface area contributed by atoms with E-state index in [-0.39, 0.29) is 9.94 Å².